The number of hydrogen-bond acceptors (Lipinski definition) is 2. The van der Waals surface area contributed by atoms with Gasteiger partial charge in [-0.2, -0.15) is 10.5 Å². The minimum atomic E-state index is 0.466. The standard InChI is InChI=1S/C13H8BrN3/c14-7-10-1-3-11(4-2-10)17-12(8-15)5-6-13(17)9-16/h1-6H,7H2. The highest BCUT2D eigenvalue weighted by Gasteiger charge is 2.08. The molecule has 2 rings (SSSR count). The Morgan fingerprint density at radius 3 is 1.88 bits per heavy atom. The van der Waals surface area contributed by atoms with Crippen LogP contribution in [-0.4, -0.2) is 4.57 Å². The van der Waals surface area contributed by atoms with Crippen molar-refractivity contribution in [1.29, 1.82) is 10.5 Å². The van der Waals surface area contributed by atoms with Crippen molar-refractivity contribution in [1.82, 2.24) is 4.57 Å². The van der Waals surface area contributed by atoms with Gasteiger partial charge < -0.3 is 0 Å². The van der Waals surface area contributed by atoms with Crippen LogP contribution in [0.2, 0.25) is 0 Å². The van der Waals surface area contributed by atoms with Crippen molar-refractivity contribution in [2.75, 3.05) is 0 Å². The highest BCUT2D eigenvalue weighted by atomic mass is 79.9. The summed E-state index contributed by atoms with van der Waals surface area (Å²) in [6.07, 6.45) is 0. The van der Waals surface area contributed by atoms with Crippen LogP contribution < -0.4 is 0 Å². The van der Waals surface area contributed by atoms with Crippen LogP contribution in [-0.2, 0) is 5.33 Å². The van der Waals surface area contributed by atoms with Gasteiger partial charge in [-0.15, -0.1) is 0 Å². The number of aromatic nitrogens is 1. The number of benzene rings is 1. The van der Waals surface area contributed by atoms with Gasteiger partial charge in [-0.05, 0) is 29.8 Å². The van der Waals surface area contributed by atoms with E-state index in [1.807, 2.05) is 24.3 Å². The Labute approximate surface area is 108 Å². The van der Waals surface area contributed by atoms with Crippen molar-refractivity contribution in [3.63, 3.8) is 0 Å². The Bertz CT molecular complexity index is 580. The first-order valence-corrected chi connectivity index (χ1v) is 6.09. The first-order chi connectivity index (χ1) is 8.30. The van der Waals surface area contributed by atoms with Crippen LogP contribution in [0.1, 0.15) is 17.0 Å². The first-order valence-electron chi connectivity index (χ1n) is 4.97. The summed E-state index contributed by atoms with van der Waals surface area (Å²) >= 11 is 3.38. The fourth-order valence-electron chi connectivity index (χ4n) is 1.62. The van der Waals surface area contributed by atoms with Crippen LogP contribution in [0.3, 0.4) is 0 Å². The molecule has 0 aliphatic carbocycles. The molecule has 3 nitrogen and oxygen atoms in total. The molecule has 0 aliphatic heterocycles. The van der Waals surface area contributed by atoms with E-state index in [2.05, 4.69) is 28.1 Å². The Morgan fingerprint density at radius 1 is 0.941 bits per heavy atom. The van der Waals surface area contributed by atoms with E-state index >= 15 is 0 Å². The van der Waals surface area contributed by atoms with Gasteiger partial charge in [0.15, 0.2) is 0 Å². The van der Waals surface area contributed by atoms with Gasteiger partial charge in [-0.25, -0.2) is 0 Å². The zero-order chi connectivity index (χ0) is 12.3. The Kier molecular flexibility index (Phi) is 3.27. The number of nitrogens with zero attached hydrogens (tertiary/aromatic N) is 3. The van der Waals surface area contributed by atoms with Crippen molar-refractivity contribution in [2.24, 2.45) is 0 Å². The minimum Gasteiger partial charge on any atom is -0.292 e. The minimum absolute atomic E-state index is 0.466. The van der Waals surface area contributed by atoms with Gasteiger partial charge in [0.1, 0.15) is 23.5 Å². The van der Waals surface area contributed by atoms with Crippen LogP contribution in [0, 0.1) is 22.7 Å². The largest absolute Gasteiger partial charge is 0.292 e. The third kappa shape index (κ3) is 2.08. The van der Waals surface area contributed by atoms with Crippen molar-refractivity contribution < 1.29 is 0 Å². The predicted molar refractivity (Wildman–Crippen MR) is 67.8 cm³/mol. The fourth-order valence-corrected chi connectivity index (χ4v) is 2.00. The lowest BCUT2D eigenvalue weighted by atomic mass is 10.2. The summed E-state index contributed by atoms with van der Waals surface area (Å²) in [4.78, 5) is 0. The Morgan fingerprint density at radius 2 is 1.47 bits per heavy atom. The van der Waals surface area contributed by atoms with E-state index in [-0.39, 0.29) is 0 Å². The molecule has 0 saturated carbocycles. The van der Waals surface area contributed by atoms with E-state index in [1.165, 1.54) is 0 Å². The van der Waals surface area contributed by atoms with E-state index in [1.54, 1.807) is 16.7 Å². The summed E-state index contributed by atoms with van der Waals surface area (Å²) in [6, 6.07) is 15.2. The summed E-state index contributed by atoms with van der Waals surface area (Å²) in [5, 5.41) is 18.8. The summed E-state index contributed by atoms with van der Waals surface area (Å²) < 4.78 is 1.65. The van der Waals surface area contributed by atoms with Crippen LogP contribution in [0.5, 0.6) is 0 Å². The van der Waals surface area contributed by atoms with E-state index in [9.17, 15) is 0 Å². The van der Waals surface area contributed by atoms with Crippen LogP contribution in [0.15, 0.2) is 36.4 Å². The third-order valence-electron chi connectivity index (χ3n) is 2.46. The molecule has 0 radical (unpaired) electrons. The number of hydrogen-bond donors (Lipinski definition) is 0. The number of nitriles is 2. The molecule has 1 aromatic heterocycles. The second-order valence-electron chi connectivity index (χ2n) is 3.46. The van der Waals surface area contributed by atoms with Crippen molar-refractivity contribution in [2.45, 2.75) is 5.33 Å². The predicted octanol–water partition coefficient (Wildman–Crippen LogP) is 3.12. The number of halogens is 1. The molecule has 0 saturated heterocycles. The lowest BCUT2D eigenvalue weighted by molar-refractivity contribution is 1.02. The van der Waals surface area contributed by atoms with Crippen molar-refractivity contribution in [3.05, 3.63) is 53.3 Å². The number of rotatable bonds is 2. The van der Waals surface area contributed by atoms with Gasteiger partial charge >= 0.3 is 0 Å². The molecule has 82 valence electrons. The second kappa shape index (κ2) is 4.86. The summed E-state index contributed by atoms with van der Waals surface area (Å²) in [5.74, 6) is 0. The summed E-state index contributed by atoms with van der Waals surface area (Å²) in [6.45, 7) is 0. The SMILES string of the molecule is N#Cc1ccc(C#N)n1-c1ccc(CBr)cc1. The number of alkyl halides is 1. The van der Waals surface area contributed by atoms with Gasteiger partial charge in [0.05, 0.1) is 0 Å². The molecule has 0 atom stereocenters. The molecule has 0 amide bonds. The summed E-state index contributed by atoms with van der Waals surface area (Å²) in [7, 11) is 0. The molecule has 1 aromatic carbocycles. The smallest absolute Gasteiger partial charge is 0.125 e. The lowest BCUT2D eigenvalue weighted by Crippen LogP contribution is -1.99. The van der Waals surface area contributed by atoms with Gasteiger partial charge in [-0.3, -0.25) is 4.57 Å². The van der Waals surface area contributed by atoms with Crippen LogP contribution in [0.4, 0.5) is 0 Å². The molecule has 0 bridgehead atoms. The highest BCUT2D eigenvalue weighted by Crippen LogP contribution is 2.17. The van der Waals surface area contributed by atoms with Gasteiger partial charge in [0.25, 0.3) is 0 Å². The lowest BCUT2D eigenvalue weighted by Gasteiger charge is -2.07. The van der Waals surface area contributed by atoms with E-state index in [0.717, 1.165) is 16.6 Å². The molecule has 4 heteroatoms. The average molecular weight is 286 g/mol. The normalized spacial score (nSPS) is 9.59. The maximum atomic E-state index is 9.00. The maximum absolute atomic E-state index is 9.00. The molecule has 0 N–H and O–H groups in total. The zero-order valence-corrected chi connectivity index (χ0v) is 10.5. The molecule has 0 spiro atoms. The highest BCUT2D eigenvalue weighted by molar-refractivity contribution is 9.08. The topological polar surface area (TPSA) is 52.5 Å². The monoisotopic (exact) mass is 285 g/mol. The maximum Gasteiger partial charge on any atom is 0.125 e. The molecular weight excluding hydrogens is 278 g/mol. The quantitative estimate of drug-likeness (QED) is 0.796. The van der Waals surface area contributed by atoms with Gasteiger partial charge in [0, 0.05) is 11.0 Å². The molecule has 0 aliphatic rings. The molecule has 17 heavy (non-hydrogen) atoms. The Hall–Kier alpha value is -2.04. The first kappa shape index (κ1) is 11.4. The summed E-state index contributed by atoms with van der Waals surface area (Å²) in [5.41, 5.74) is 2.91. The molecule has 1 heterocycles. The molecule has 0 fully saturated rings. The van der Waals surface area contributed by atoms with Crippen LogP contribution in [0.25, 0.3) is 5.69 Å². The Balaban J connectivity index is 2.56. The van der Waals surface area contributed by atoms with E-state index in [0.29, 0.717) is 11.4 Å². The van der Waals surface area contributed by atoms with Gasteiger partial charge in [-0.1, -0.05) is 28.1 Å². The third-order valence-corrected chi connectivity index (χ3v) is 3.11. The van der Waals surface area contributed by atoms with Crippen molar-refractivity contribution >= 4 is 15.9 Å². The van der Waals surface area contributed by atoms with E-state index < -0.39 is 0 Å². The zero-order valence-electron chi connectivity index (χ0n) is 8.89. The van der Waals surface area contributed by atoms with Gasteiger partial charge in [0.2, 0.25) is 0 Å². The van der Waals surface area contributed by atoms with E-state index in [4.69, 9.17) is 10.5 Å². The average Bonchev–Trinajstić information content (AvgIpc) is 2.81. The van der Waals surface area contributed by atoms with Crippen molar-refractivity contribution in [3.8, 4) is 17.8 Å². The molecular formula is C13H8BrN3. The molecule has 0 unspecified atom stereocenters. The molecule has 2 aromatic rings. The fraction of sp³-hybridized carbons (Fsp3) is 0.0769. The second-order valence-corrected chi connectivity index (χ2v) is 4.02. The van der Waals surface area contributed by atoms with Crippen LogP contribution >= 0.6 is 15.9 Å².